The number of unbranched alkanes of at least 4 members (excludes halogenated alkanes) is 1. The predicted molar refractivity (Wildman–Crippen MR) is 295 cm³/mol. The predicted octanol–water partition coefficient (Wildman–Crippen LogP) is 18.9. The number of benzene rings is 5. The van der Waals surface area contributed by atoms with E-state index in [0.717, 1.165) is 51.4 Å². The van der Waals surface area contributed by atoms with Crippen LogP contribution in [-0.4, -0.2) is 0 Å². The highest BCUT2D eigenvalue weighted by Crippen LogP contribution is 2.46. The van der Waals surface area contributed by atoms with E-state index in [-0.39, 0.29) is 0 Å². The van der Waals surface area contributed by atoms with Crippen LogP contribution in [0.15, 0.2) is 226 Å². The molecule has 1 heterocycles. The monoisotopic (exact) mass is 902 g/mol. The number of allylic oxidation sites excluding steroid dienone is 17. The lowest BCUT2D eigenvalue weighted by molar-refractivity contribution is 0.782. The van der Waals surface area contributed by atoms with Gasteiger partial charge in [0.25, 0.3) is 0 Å². The normalized spacial score (nSPS) is 18.8. The van der Waals surface area contributed by atoms with E-state index in [1.807, 2.05) is 17.4 Å². The minimum atomic E-state index is 0.895. The highest BCUT2D eigenvalue weighted by atomic mass is 32.1. The molecule has 1 aromatic heterocycles. The third kappa shape index (κ3) is 8.36. The Bertz CT molecular complexity index is 3290. The fourth-order valence-corrected chi connectivity index (χ4v) is 12.6. The lowest BCUT2D eigenvalue weighted by Gasteiger charge is -2.35. The molecule has 0 atom stereocenters. The summed E-state index contributed by atoms with van der Waals surface area (Å²) in [6.07, 6.45) is 28.4. The Hall–Kier alpha value is -6.68. The first-order valence-electron chi connectivity index (χ1n) is 25.0. The van der Waals surface area contributed by atoms with E-state index in [1.54, 1.807) is 11.1 Å². The first-order chi connectivity index (χ1) is 33.3. The largest absolute Gasteiger partial charge is 0.318 e. The molecule has 11 rings (SSSR count). The van der Waals surface area contributed by atoms with E-state index < -0.39 is 0 Å². The van der Waals surface area contributed by atoms with Gasteiger partial charge in [-0.1, -0.05) is 108 Å². The van der Waals surface area contributed by atoms with Gasteiger partial charge in [0, 0.05) is 67.2 Å². The van der Waals surface area contributed by atoms with Crippen molar-refractivity contribution in [3.63, 3.8) is 0 Å². The van der Waals surface area contributed by atoms with Crippen LogP contribution in [0.3, 0.4) is 0 Å². The summed E-state index contributed by atoms with van der Waals surface area (Å²) in [4.78, 5) is 5.10. The molecule has 6 aromatic rings. The molecule has 0 unspecified atom stereocenters. The molecule has 0 bridgehead atoms. The molecule has 0 spiro atoms. The second kappa shape index (κ2) is 18.8. The second-order valence-corrected chi connectivity index (χ2v) is 20.7. The smallest absolute Gasteiger partial charge is 0.0465 e. The van der Waals surface area contributed by atoms with Crippen molar-refractivity contribution in [2.24, 2.45) is 0 Å². The quantitative estimate of drug-likeness (QED) is 0.0944. The number of rotatable bonds is 11. The molecular weight excluding hydrogens is 841 g/mol. The van der Waals surface area contributed by atoms with E-state index in [9.17, 15) is 0 Å². The van der Waals surface area contributed by atoms with Gasteiger partial charge in [0.2, 0.25) is 0 Å². The second-order valence-electron chi connectivity index (χ2n) is 19.6. The van der Waals surface area contributed by atoms with Gasteiger partial charge in [-0.15, -0.1) is 17.9 Å². The van der Waals surface area contributed by atoms with Gasteiger partial charge in [-0.25, -0.2) is 0 Å². The maximum absolute atomic E-state index is 3.98. The van der Waals surface area contributed by atoms with Crippen LogP contribution in [0.2, 0.25) is 0 Å². The van der Waals surface area contributed by atoms with Crippen LogP contribution >= 0.6 is 11.3 Å². The minimum Gasteiger partial charge on any atom is -0.318 e. The number of thiophene rings is 1. The molecule has 3 heteroatoms. The van der Waals surface area contributed by atoms with Crippen molar-refractivity contribution in [3.05, 3.63) is 237 Å². The zero-order valence-corrected chi connectivity index (χ0v) is 41.1. The molecule has 2 nitrogen and oxygen atoms in total. The molecule has 68 heavy (non-hydrogen) atoms. The van der Waals surface area contributed by atoms with Crippen molar-refractivity contribution in [1.29, 1.82) is 0 Å². The summed E-state index contributed by atoms with van der Waals surface area (Å²) in [5, 5.41) is 2.64. The molecular formula is C65H62N2S. The maximum Gasteiger partial charge on any atom is 0.0465 e. The first kappa shape index (κ1) is 43.9. The molecule has 0 radical (unpaired) electrons. The van der Waals surface area contributed by atoms with Crippen LogP contribution in [0.25, 0.3) is 36.9 Å². The van der Waals surface area contributed by atoms with Gasteiger partial charge in [0.05, 0.1) is 0 Å². The third-order valence-electron chi connectivity index (χ3n) is 15.3. The van der Waals surface area contributed by atoms with E-state index in [1.165, 1.54) is 135 Å². The number of anilines is 3. The number of nitrogens with zero attached hydrogens (tertiary/aromatic N) is 2. The van der Waals surface area contributed by atoms with Crippen LogP contribution in [0.1, 0.15) is 103 Å². The molecule has 338 valence electrons. The number of fused-ring (bicyclic) bond motifs is 5. The summed E-state index contributed by atoms with van der Waals surface area (Å²) in [6.45, 7) is 13.2. The lowest BCUT2D eigenvalue weighted by atomic mass is 9.83. The van der Waals surface area contributed by atoms with Gasteiger partial charge in [-0.3, -0.25) is 0 Å². The van der Waals surface area contributed by atoms with Crippen LogP contribution < -0.4 is 9.80 Å². The Labute approximate surface area is 408 Å². The molecule has 0 N–H and O–H groups in total. The van der Waals surface area contributed by atoms with Gasteiger partial charge in [0.1, 0.15) is 0 Å². The summed E-state index contributed by atoms with van der Waals surface area (Å²) >= 11 is 1.88. The Balaban J connectivity index is 0.944. The van der Waals surface area contributed by atoms with Gasteiger partial charge >= 0.3 is 0 Å². The first-order valence-corrected chi connectivity index (χ1v) is 25.8. The van der Waals surface area contributed by atoms with Crippen LogP contribution in [-0.2, 0) is 6.42 Å². The molecule has 0 amide bonds. The zero-order chi connectivity index (χ0) is 46.3. The molecule has 5 aliphatic carbocycles. The molecule has 0 saturated heterocycles. The van der Waals surface area contributed by atoms with Crippen molar-refractivity contribution < 1.29 is 0 Å². The number of hydrogen-bond acceptors (Lipinski definition) is 3. The molecule has 0 aliphatic heterocycles. The third-order valence-corrected chi connectivity index (χ3v) is 16.4. The molecule has 0 saturated carbocycles. The SMILES string of the molecule is C=CCCC/C(C)=C1\CC(N(c2ccc(-c3ccc(N(C4=CC5=C(CC4)Cc4ccccc45)C4=CC=C(C)/C(=C5/CCCC=C5C)C4)cc3)cc2)c2ccc3sc4ccccc4c3c2)=CC=C1C. The summed E-state index contributed by atoms with van der Waals surface area (Å²) in [7, 11) is 0. The summed E-state index contributed by atoms with van der Waals surface area (Å²) < 4.78 is 2.66. The fraction of sp³-hybridized carbons (Fsp3) is 0.231. The van der Waals surface area contributed by atoms with Crippen LogP contribution in [0.5, 0.6) is 0 Å². The molecule has 0 fully saturated rings. The number of hydrogen-bond donors (Lipinski definition) is 0. The van der Waals surface area contributed by atoms with Gasteiger partial charge in [-0.05, 0) is 208 Å². The van der Waals surface area contributed by atoms with Gasteiger partial charge < -0.3 is 9.80 Å². The highest BCUT2D eigenvalue weighted by molar-refractivity contribution is 7.25. The standard InChI is InChI=1S/C65H62N2S/c1-6-7-8-15-44(3)60-39-53(29-22-45(60)4)66(56-36-37-65-63(42-56)59-20-13-14-21-64(59)68-65)51-31-24-47(25-32-51)48-26-33-52(34-27-48)67(54-30-23-46(5)61(40-54)57-18-11-9-16-43(57)2)55-35-28-50-38-49-17-10-12-19-58(49)62(50)41-55/h6,10,12-14,16-17,19-27,29-34,36-37,41-42H,1,7-9,11,15,18,28,35,38-40H2,2-5H3/b60-44+,61-57-. The minimum absolute atomic E-state index is 0.895. The van der Waals surface area contributed by atoms with E-state index >= 15 is 0 Å². The Morgan fingerprint density at radius 2 is 1.31 bits per heavy atom. The van der Waals surface area contributed by atoms with Gasteiger partial charge in [0.15, 0.2) is 0 Å². The van der Waals surface area contributed by atoms with Crippen molar-refractivity contribution in [2.45, 2.75) is 98.3 Å². The van der Waals surface area contributed by atoms with E-state index in [4.69, 9.17) is 0 Å². The van der Waals surface area contributed by atoms with E-state index in [0.29, 0.717) is 0 Å². The van der Waals surface area contributed by atoms with Crippen molar-refractivity contribution in [3.8, 4) is 11.1 Å². The average Bonchev–Trinajstić information content (AvgIpc) is 3.94. The zero-order valence-electron chi connectivity index (χ0n) is 40.3. The Morgan fingerprint density at radius 1 is 0.618 bits per heavy atom. The lowest BCUT2D eigenvalue weighted by Crippen LogP contribution is -2.25. The van der Waals surface area contributed by atoms with Crippen molar-refractivity contribution >= 4 is 54.1 Å². The molecule has 5 aromatic carbocycles. The van der Waals surface area contributed by atoms with Crippen LogP contribution in [0, 0.1) is 0 Å². The molecule has 5 aliphatic rings. The van der Waals surface area contributed by atoms with Crippen LogP contribution in [0.4, 0.5) is 17.1 Å². The Kier molecular flexibility index (Phi) is 12.1. The topological polar surface area (TPSA) is 6.48 Å². The summed E-state index contributed by atoms with van der Waals surface area (Å²) in [6, 6.07) is 43.6. The Morgan fingerprint density at radius 3 is 2.09 bits per heavy atom. The van der Waals surface area contributed by atoms with Crippen molar-refractivity contribution in [2.75, 3.05) is 9.80 Å². The van der Waals surface area contributed by atoms with Crippen molar-refractivity contribution in [1.82, 2.24) is 0 Å². The highest BCUT2D eigenvalue weighted by Gasteiger charge is 2.29. The summed E-state index contributed by atoms with van der Waals surface area (Å²) in [5.41, 5.74) is 26.2. The van der Waals surface area contributed by atoms with Gasteiger partial charge in [-0.2, -0.15) is 0 Å². The fourth-order valence-electron chi connectivity index (χ4n) is 11.5. The average molecular weight is 903 g/mol. The maximum atomic E-state index is 3.98. The van der Waals surface area contributed by atoms with E-state index in [2.05, 4.69) is 196 Å². The summed E-state index contributed by atoms with van der Waals surface area (Å²) in [5.74, 6) is 0.